The zero-order valence-electron chi connectivity index (χ0n) is 13.8. The topological polar surface area (TPSA) is 56.8 Å². The van der Waals surface area contributed by atoms with Gasteiger partial charge in [0.2, 0.25) is 0 Å². The van der Waals surface area contributed by atoms with E-state index in [4.69, 9.17) is 14.2 Å². The van der Waals surface area contributed by atoms with E-state index in [2.05, 4.69) is 5.32 Å². The predicted octanol–water partition coefficient (Wildman–Crippen LogP) is 3.66. The molecule has 5 nitrogen and oxygen atoms in total. The highest BCUT2D eigenvalue weighted by Gasteiger charge is 2.11. The number of carbonyl (C=O) groups is 1. The Morgan fingerprint density at radius 1 is 1.00 bits per heavy atom. The number of amides is 1. The molecule has 2 aromatic carbocycles. The molecule has 2 rings (SSSR count). The van der Waals surface area contributed by atoms with Crippen molar-refractivity contribution in [3.63, 3.8) is 0 Å². The third-order valence-electron chi connectivity index (χ3n) is 3.38. The molecule has 0 aliphatic rings. The quantitative estimate of drug-likeness (QED) is 0.884. The summed E-state index contributed by atoms with van der Waals surface area (Å²) in [7, 11) is 3.12. The van der Waals surface area contributed by atoms with Gasteiger partial charge in [0.1, 0.15) is 5.75 Å². The summed E-state index contributed by atoms with van der Waals surface area (Å²) in [5, 5.41) is 2.85. The maximum Gasteiger partial charge on any atom is 0.255 e. The van der Waals surface area contributed by atoms with Gasteiger partial charge < -0.3 is 19.5 Å². The molecule has 0 aromatic heterocycles. The molecule has 0 bridgehead atoms. The minimum Gasteiger partial charge on any atom is -0.494 e. The summed E-state index contributed by atoms with van der Waals surface area (Å²) in [5.74, 6) is 1.77. The Morgan fingerprint density at radius 3 is 2.30 bits per heavy atom. The van der Waals surface area contributed by atoms with Gasteiger partial charge in [-0.1, -0.05) is 0 Å². The number of carbonyl (C=O) groups excluding carboxylic acids is 1. The van der Waals surface area contributed by atoms with Crippen LogP contribution in [-0.4, -0.2) is 26.7 Å². The molecule has 1 amide bonds. The third kappa shape index (κ3) is 3.94. The molecule has 122 valence electrons. The Kier molecular flexibility index (Phi) is 5.46. The van der Waals surface area contributed by atoms with Crippen LogP contribution in [0.25, 0.3) is 0 Å². The highest BCUT2D eigenvalue weighted by Crippen LogP contribution is 2.30. The first-order chi connectivity index (χ1) is 11.1. The second kappa shape index (κ2) is 7.54. The molecule has 0 unspecified atom stereocenters. The van der Waals surface area contributed by atoms with Gasteiger partial charge in [0.25, 0.3) is 5.91 Å². The molecule has 0 atom stereocenters. The fourth-order valence-corrected chi connectivity index (χ4v) is 2.23. The maximum absolute atomic E-state index is 12.4. The Hall–Kier alpha value is -2.69. The van der Waals surface area contributed by atoms with Crippen LogP contribution in [0.2, 0.25) is 0 Å². The largest absolute Gasteiger partial charge is 0.494 e. The van der Waals surface area contributed by atoms with Crippen molar-refractivity contribution < 1.29 is 19.0 Å². The van der Waals surface area contributed by atoms with Crippen LogP contribution in [0.1, 0.15) is 22.8 Å². The van der Waals surface area contributed by atoms with Crippen molar-refractivity contribution in [2.45, 2.75) is 13.8 Å². The summed E-state index contributed by atoms with van der Waals surface area (Å²) in [6, 6.07) is 10.6. The van der Waals surface area contributed by atoms with Gasteiger partial charge in [-0.3, -0.25) is 4.79 Å². The number of benzene rings is 2. The highest BCUT2D eigenvalue weighted by atomic mass is 16.5. The van der Waals surface area contributed by atoms with Crippen LogP contribution < -0.4 is 19.5 Å². The number of rotatable bonds is 6. The van der Waals surface area contributed by atoms with Crippen molar-refractivity contribution >= 4 is 11.6 Å². The number of methoxy groups -OCH3 is 2. The van der Waals surface area contributed by atoms with Crippen LogP contribution in [-0.2, 0) is 0 Å². The van der Waals surface area contributed by atoms with E-state index in [1.807, 2.05) is 19.9 Å². The number of ether oxygens (including phenoxy) is 3. The zero-order valence-corrected chi connectivity index (χ0v) is 13.8. The summed E-state index contributed by atoms with van der Waals surface area (Å²) in [4.78, 5) is 12.4. The number of anilines is 1. The minimum absolute atomic E-state index is 0.191. The van der Waals surface area contributed by atoms with E-state index in [0.29, 0.717) is 29.4 Å². The van der Waals surface area contributed by atoms with Crippen LogP contribution in [0, 0.1) is 6.92 Å². The second-order valence-electron chi connectivity index (χ2n) is 4.94. The molecule has 0 aliphatic heterocycles. The molecular weight excluding hydrogens is 294 g/mol. The van der Waals surface area contributed by atoms with Gasteiger partial charge in [-0.2, -0.15) is 0 Å². The molecule has 2 aromatic rings. The SMILES string of the molecule is CCOc1ccc(C(=O)Nc2ccc(OC)c(OC)c2)cc1C. The summed E-state index contributed by atoms with van der Waals surface area (Å²) in [6.07, 6.45) is 0. The van der Waals surface area contributed by atoms with E-state index in [1.165, 1.54) is 0 Å². The fourth-order valence-electron chi connectivity index (χ4n) is 2.23. The smallest absolute Gasteiger partial charge is 0.255 e. The molecule has 0 heterocycles. The first-order valence-corrected chi connectivity index (χ1v) is 7.35. The van der Waals surface area contributed by atoms with Gasteiger partial charge in [0.15, 0.2) is 11.5 Å². The molecule has 0 aliphatic carbocycles. The van der Waals surface area contributed by atoms with Gasteiger partial charge in [-0.15, -0.1) is 0 Å². The zero-order chi connectivity index (χ0) is 16.8. The van der Waals surface area contributed by atoms with E-state index < -0.39 is 0 Å². The molecule has 5 heteroatoms. The predicted molar refractivity (Wildman–Crippen MR) is 89.8 cm³/mol. The summed E-state index contributed by atoms with van der Waals surface area (Å²) < 4.78 is 15.9. The summed E-state index contributed by atoms with van der Waals surface area (Å²) in [5.41, 5.74) is 2.13. The van der Waals surface area contributed by atoms with Gasteiger partial charge in [0.05, 0.1) is 20.8 Å². The molecule has 0 spiro atoms. The van der Waals surface area contributed by atoms with Gasteiger partial charge in [-0.05, 0) is 49.7 Å². The van der Waals surface area contributed by atoms with Crippen LogP contribution in [0.4, 0.5) is 5.69 Å². The first-order valence-electron chi connectivity index (χ1n) is 7.35. The summed E-state index contributed by atoms with van der Waals surface area (Å²) in [6.45, 7) is 4.44. The van der Waals surface area contributed by atoms with E-state index in [-0.39, 0.29) is 5.91 Å². The maximum atomic E-state index is 12.4. The molecule has 1 N–H and O–H groups in total. The average molecular weight is 315 g/mol. The lowest BCUT2D eigenvalue weighted by atomic mass is 10.1. The molecular formula is C18H21NO4. The van der Waals surface area contributed by atoms with Gasteiger partial charge in [0, 0.05) is 17.3 Å². The molecule has 0 saturated heterocycles. The van der Waals surface area contributed by atoms with Crippen molar-refractivity contribution in [3.05, 3.63) is 47.5 Å². The fraction of sp³-hybridized carbons (Fsp3) is 0.278. The summed E-state index contributed by atoms with van der Waals surface area (Å²) >= 11 is 0. The standard InChI is InChI=1S/C18H21NO4/c1-5-23-15-8-6-13(10-12(15)2)18(20)19-14-7-9-16(21-3)17(11-14)22-4/h6-11H,5H2,1-4H3,(H,19,20). The van der Waals surface area contributed by atoms with Crippen molar-refractivity contribution in [2.24, 2.45) is 0 Å². The second-order valence-corrected chi connectivity index (χ2v) is 4.94. The van der Waals surface area contributed by atoms with Crippen molar-refractivity contribution in [1.29, 1.82) is 0 Å². The van der Waals surface area contributed by atoms with Crippen molar-refractivity contribution in [2.75, 3.05) is 26.1 Å². The molecule has 0 fully saturated rings. The lowest BCUT2D eigenvalue weighted by Crippen LogP contribution is -2.12. The number of hydrogen-bond donors (Lipinski definition) is 1. The normalized spacial score (nSPS) is 10.1. The van der Waals surface area contributed by atoms with Crippen molar-refractivity contribution in [1.82, 2.24) is 0 Å². The number of nitrogens with one attached hydrogen (secondary N) is 1. The van der Waals surface area contributed by atoms with Gasteiger partial charge >= 0.3 is 0 Å². The number of hydrogen-bond acceptors (Lipinski definition) is 4. The first kappa shape index (κ1) is 16.7. The van der Waals surface area contributed by atoms with Crippen LogP contribution in [0.15, 0.2) is 36.4 Å². The van der Waals surface area contributed by atoms with Crippen LogP contribution in [0.3, 0.4) is 0 Å². The van der Waals surface area contributed by atoms with Crippen LogP contribution >= 0.6 is 0 Å². The lowest BCUT2D eigenvalue weighted by Gasteiger charge is -2.12. The monoisotopic (exact) mass is 315 g/mol. The van der Waals surface area contributed by atoms with Crippen molar-refractivity contribution in [3.8, 4) is 17.2 Å². The molecule has 0 radical (unpaired) electrons. The molecule has 23 heavy (non-hydrogen) atoms. The highest BCUT2D eigenvalue weighted by molar-refractivity contribution is 6.04. The lowest BCUT2D eigenvalue weighted by molar-refractivity contribution is 0.102. The molecule has 0 saturated carbocycles. The Bertz CT molecular complexity index is 697. The van der Waals surface area contributed by atoms with E-state index >= 15 is 0 Å². The van der Waals surface area contributed by atoms with Gasteiger partial charge in [-0.25, -0.2) is 0 Å². The Labute approximate surface area is 136 Å². The Balaban J connectivity index is 2.17. The van der Waals surface area contributed by atoms with Crippen LogP contribution in [0.5, 0.6) is 17.2 Å². The van der Waals surface area contributed by atoms with E-state index in [9.17, 15) is 4.79 Å². The Morgan fingerprint density at radius 2 is 1.70 bits per heavy atom. The number of aryl methyl sites for hydroxylation is 1. The van der Waals surface area contributed by atoms with E-state index in [0.717, 1.165) is 11.3 Å². The third-order valence-corrected chi connectivity index (χ3v) is 3.38. The minimum atomic E-state index is -0.191. The van der Waals surface area contributed by atoms with E-state index in [1.54, 1.807) is 44.6 Å². The average Bonchev–Trinajstić information content (AvgIpc) is 2.56.